The van der Waals surface area contributed by atoms with Crippen LogP contribution in [0, 0.1) is 0 Å². The number of carbonyl (C=O) groups excluding carboxylic acids is 2. The van der Waals surface area contributed by atoms with Crippen LogP contribution in [0.25, 0.3) is 0 Å². The molecule has 6 nitrogen and oxygen atoms in total. The molecular formula is C12H18N2O4. The van der Waals surface area contributed by atoms with Crippen molar-refractivity contribution in [1.29, 1.82) is 0 Å². The largest absolute Gasteiger partial charge is 0.459 e. The van der Waals surface area contributed by atoms with Crippen molar-refractivity contribution in [2.24, 2.45) is 0 Å². The Hall–Kier alpha value is -1.82. The van der Waals surface area contributed by atoms with Crippen LogP contribution in [0.2, 0.25) is 0 Å². The molecule has 1 aromatic rings. The molecule has 0 spiro atoms. The molecule has 0 fully saturated rings. The maximum Gasteiger partial charge on any atom is 0.287 e. The van der Waals surface area contributed by atoms with E-state index in [-0.39, 0.29) is 18.3 Å². The van der Waals surface area contributed by atoms with Crippen molar-refractivity contribution in [3.8, 4) is 0 Å². The van der Waals surface area contributed by atoms with E-state index >= 15 is 0 Å². The summed E-state index contributed by atoms with van der Waals surface area (Å²) in [4.78, 5) is 23.4. The summed E-state index contributed by atoms with van der Waals surface area (Å²) in [5, 5.41) is 14.2. The number of carbonyl (C=O) groups is 2. The Bertz CT molecular complexity index is 412. The van der Waals surface area contributed by atoms with Crippen LogP contribution < -0.4 is 10.6 Å². The lowest BCUT2D eigenvalue weighted by atomic mass is 10.1. The lowest BCUT2D eigenvalue weighted by molar-refractivity contribution is -0.124. The summed E-state index contributed by atoms with van der Waals surface area (Å²) >= 11 is 0. The summed E-state index contributed by atoms with van der Waals surface area (Å²) in [5.41, 5.74) is -0.721. The van der Waals surface area contributed by atoms with Crippen molar-refractivity contribution in [3.63, 3.8) is 0 Å². The second-order valence-electron chi connectivity index (χ2n) is 4.70. The number of nitrogens with one attached hydrogen (secondary N) is 2. The molecule has 0 saturated carbocycles. The Labute approximate surface area is 105 Å². The molecule has 0 saturated heterocycles. The first kappa shape index (κ1) is 14.2. The predicted octanol–water partition coefficient (Wildman–Crippen LogP) is 0.285. The Balaban J connectivity index is 2.53. The number of amides is 2. The smallest absolute Gasteiger partial charge is 0.287 e. The summed E-state index contributed by atoms with van der Waals surface area (Å²) in [6.45, 7) is 4.75. The van der Waals surface area contributed by atoms with Gasteiger partial charge in [0.05, 0.1) is 18.4 Å². The van der Waals surface area contributed by atoms with Crippen LogP contribution in [0.5, 0.6) is 0 Å². The van der Waals surface area contributed by atoms with Crippen molar-refractivity contribution < 1.29 is 19.1 Å². The fourth-order valence-electron chi connectivity index (χ4n) is 1.22. The molecule has 0 aliphatic rings. The Kier molecular flexibility index (Phi) is 4.49. The minimum Gasteiger partial charge on any atom is -0.459 e. The molecule has 0 aromatic carbocycles. The molecule has 0 aliphatic heterocycles. The predicted molar refractivity (Wildman–Crippen MR) is 64.9 cm³/mol. The lowest BCUT2D eigenvalue weighted by Crippen LogP contribution is -2.53. The minimum atomic E-state index is -0.721. The number of hydrogen-bond donors (Lipinski definition) is 3. The average Bonchev–Trinajstić information content (AvgIpc) is 2.81. The highest BCUT2D eigenvalue weighted by atomic mass is 16.3. The van der Waals surface area contributed by atoms with Gasteiger partial charge in [0.25, 0.3) is 5.91 Å². The molecule has 1 aromatic heterocycles. The van der Waals surface area contributed by atoms with Gasteiger partial charge in [0.15, 0.2) is 5.76 Å². The minimum absolute atomic E-state index is 0.149. The fraction of sp³-hybridized carbons (Fsp3) is 0.500. The SMILES string of the molecule is CC(NC(=O)c1ccco1)C(=O)NC(C)(C)CO. The van der Waals surface area contributed by atoms with Crippen LogP contribution in [-0.2, 0) is 4.79 Å². The highest BCUT2D eigenvalue weighted by molar-refractivity contribution is 5.95. The van der Waals surface area contributed by atoms with Crippen LogP contribution in [0.3, 0.4) is 0 Å². The van der Waals surface area contributed by atoms with Crippen LogP contribution in [-0.4, -0.2) is 35.1 Å². The van der Waals surface area contributed by atoms with E-state index in [1.165, 1.54) is 12.3 Å². The van der Waals surface area contributed by atoms with Crippen LogP contribution in [0.15, 0.2) is 22.8 Å². The van der Waals surface area contributed by atoms with E-state index in [0.29, 0.717) is 0 Å². The second kappa shape index (κ2) is 5.68. The first-order chi connectivity index (χ1) is 8.35. The summed E-state index contributed by atoms with van der Waals surface area (Å²) in [6.07, 6.45) is 1.38. The van der Waals surface area contributed by atoms with Crippen molar-refractivity contribution in [3.05, 3.63) is 24.2 Å². The maximum atomic E-state index is 11.8. The quantitative estimate of drug-likeness (QED) is 0.704. The van der Waals surface area contributed by atoms with Gasteiger partial charge in [0.1, 0.15) is 6.04 Å². The first-order valence-electron chi connectivity index (χ1n) is 5.63. The Morgan fingerprint density at radius 3 is 2.67 bits per heavy atom. The first-order valence-corrected chi connectivity index (χ1v) is 5.63. The van der Waals surface area contributed by atoms with Gasteiger partial charge in [-0.3, -0.25) is 9.59 Å². The zero-order valence-electron chi connectivity index (χ0n) is 10.7. The van der Waals surface area contributed by atoms with Gasteiger partial charge < -0.3 is 20.2 Å². The van der Waals surface area contributed by atoms with E-state index in [9.17, 15) is 9.59 Å². The molecule has 1 heterocycles. The number of furan rings is 1. The highest BCUT2D eigenvalue weighted by Crippen LogP contribution is 2.02. The van der Waals surface area contributed by atoms with Gasteiger partial charge in [-0.2, -0.15) is 0 Å². The topological polar surface area (TPSA) is 91.6 Å². The molecule has 6 heteroatoms. The molecule has 1 rings (SSSR count). The van der Waals surface area contributed by atoms with Gasteiger partial charge in [-0.05, 0) is 32.9 Å². The maximum absolute atomic E-state index is 11.8. The number of hydrogen-bond acceptors (Lipinski definition) is 4. The zero-order valence-corrected chi connectivity index (χ0v) is 10.7. The third-order valence-electron chi connectivity index (χ3n) is 2.34. The van der Waals surface area contributed by atoms with Crippen LogP contribution in [0.1, 0.15) is 31.3 Å². The van der Waals surface area contributed by atoms with Crippen LogP contribution in [0.4, 0.5) is 0 Å². The summed E-state index contributed by atoms with van der Waals surface area (Å²) < 4.78 is 4.91. The molecule has 0 aliphatic carbocycles. The van der Waals surface area contributed by atoms with E-state index < -0.39 is 17.5 Å². The summed E-state index contributed by atoms with van der Waals surface area (Å²) in [7, 11) is 0. The van der Waals surface area contributed by atoms with E-state index in [1.54, 1.807) is 26.8 Å². The number of aliphatic hydroxyl groups is 1. The molecule has 0 radical (unpaired) electrons. The van der Waals surface area contributed by atoms with Gasteiger partial charge in [-0.25, -0.2) is 0 Å². The van der Waals surface area contributed by atoms with Crippen molar-refractivity contribution in [1.82, 2.24) is 10.6 Å². The molecule has 100 valence electrons. The van der Waals surface area contributed by atoms with Crippen molar-refractivity contribution >= 4 is 11.8 Å². The molecular weight excluding hydrogens is 236 g/mol. The number of aliphatic hydroxyl groups excluding tert-OH is 1. The molecule has 1 unspecified atom stereocenters. The lowest BCUT2D eigenvalue weighted by Gasteiger charge is -2.25. The van der Waals surface area contributed by atoms with E-state index in [2.05, 4.69) is 10.6 Å². The second-order valence-corrected chi connectivity index (χ2v) is 4.70. The third kappa shape index (κ3) is 3.89. The molecule has 0 bridgehead atoms. The van der Waals surface area contributed by atoms with Crippen molar-refractivity contribution in [2.45, 2.75) is 32.4 Å². The number of rotatable bonds is 5. The average molecular weight is 254 g/mol. The van der Waals surface area contributed by atoms with Gasteiger partial charge in [-0.15, -0.1) is 0 Å². The van der Waals surface area contributed by atoms with Gasteiger partial charge >= 0.3 is 0 Å². The molecule has 1 atom stereocenters. The summed E-state index contributed by atoms with van der Waals surface area (Å²) in [6, 6.07) is 2.39. The molecule has 18 heavy (non-hydrogen) atoms. The monoisotopic (exact) mass is 254 g/mol. The molecule has 3 N–H and O–H groups in total. The standard InChI is InChI=1S/C12H18N2O4/c1-8(10(16)14-12(2,3)7-15)13-11(17)9-5-4-6-18-9/h4-6,8,15H,7H2,1-3H3,(H,13,17)(H,14,16). The third-order valence-corrected chi connectivity index (χ3v) is 2.34. The fourth-order valence-corrected chi connectivity index (χ4v) is 1.22. The van der Waals surface area contributed by atoms with E-state index in [0.717, 1.165) is 0 Å². The summed E-state index contributed by atoms with van der Waals surface area (Å²) in [5.74, 6) is -0.672. The van der Waals surface area contributed by atoms with Gasteiger partial charge in [0, 0.05) is 0 Å². The van der Waals surface area contributed by atoms with Gasteiger partial charge in [0.2, 0.25) is 5.91 Å². The van der Waals surface area contributed by atoms with Gasteiger partial charge in [-0.1, -0.05) is 0 Å². The van der Waals surface area contributed by atoms with E-state index in [4.69, 9.17) is 9.52 Å². The van der Waals surface area contributed by atoms with E-state index in [1.807, 2.05) is 0 Å². The Morgan fingerprint density at radius 2 is 2.17 bits per heavy atom. The molecule has 2 amide bonds. The van der Waals surface area contributed by atoms with Crippen LogP contribution >= 0.6 is 0 Å². The Morgan fingerprint density at radius 1 is 1.50 bits per heavy atom. The zero-order chi connectivity index (χ0) is 13.8. The van der Waals surface area contributed by atoms with Crippen molar-refractivity contribution in [2.75, 3.05) is 6.61 Å². The highest BCUT2D eigenvalue weighted by Gasteiger charge is 2.24. The normalized spacial score (nSPS) is 12.9.